The molecule has 7 heteroatoms. The van der Waals surface area contributed by atoms with Gasteiger partial charge in [-0.15, -0.1) is 0 Å². The van der Waals surface area contributed by atoms with Gasteiger partial charge in [0.15, 0.2) is 5.82 Å². The molecule has 0 bridgehead atoms. The Hall–Kier alpha value is -3.92. The second kappa shape index (κ2) is 10.4. The van der Waals surface area contributed by atoms with Gasteiger partial charge in [0.1, 0.15) is 5.56 Å². The Morgan fingerprint density at radius 1 is 1.12 bits per heavy atom. The molecule has 7 nitrogen and oxygen atoms in total. The minimum atomic E-state index is -0.506. The Morgan fingerprint density at radius 2 is 1.84 bits per heavy atom. The minimum Gasteiger partial charge on any atom is -0.462 e. The van der Waals surface area contributed by atoms with Gasteiger partial charge in [-0.25, -0.2) is 4.79 Å². The van der Waals surface area contributed by atoms with E-state index >= 15 is 0 Å². The third-order valence-electron chi connectivity index (χ3n) is 4.98. The third-order valence-corrected chi connectivity index (χ3v) is 4.98. The van der Waals surface area contributed by atoms with Gasteiger partial charge in [0.2, 0.25) is 5.91 Å². The van der Waals surface area contributed by atoms with Crippen molar-refractivity contribution >= 4 is 17.7 Å². The Morgan fingerprint density at radius 3 is 2.50 bits per heavy atom. The smallest absolute Gasteiger partial charge is 0.343 e. The number of amides is 1. The molecule has 0 fully saturated rings. The first kappa shape index (κ1) is 22.8. The number of carbonyl (C=O) groups excluding carboxylic acids is 2. The molecule has 0 spiro atoms. The third kappa shape index (κ3) is 5.03. The predicted octanol–water partition coefficient (Wildman–Crippen LogP) is 4.47. The second-order valence-corrected chi connectivity index (χ2v) is 7.34. The van der Waals surface area contributed by atoms with Crippen molar-refractivity contribution in [2.75, 3.05) is 11.5 Å². The number of aromatic nitrogens is 2. The number of hydrogen-bond acceptors (Lipinski definition) is 5. The van der Waals surface area contributed by atoms with Crippen LogP contribution in [-0.4, -0.2) is 28.3 Å². The SMILES string of the molecule is CCCC(=O)N(Cc1ccc(-c2ccccc2C#N)cc1)c1nn(C)cc1C(=O)OCC. The minimum absolute atomic E-state index is 0.115. The molecule has 0 radical (unpaired) electrons. The zero-order chi connectivity index (χ0) is 23.1. The molecular formula is C25H26N4O3. The van der Waals surface area contributed by atoms with Gasteiger partial charge in [-0.1, -0.05) is 49.4 Å². The van der Waals surface area contributed by atoms with Gasteiger partial charge in [-0.05, 0) is 36.1 Å². The summed E-state index contributed by atoms with van der Waals surface area (Å²) < 4.78 is 6.66. The molecule has 0 unspecified atom stereocenters. The van der Waals surface area contributed by atoms with Crippen LogP contribution in [0.4, 0.5) is 5.82 Å². The number of nitrogens with zero attached hydrogens (tertiary/aromatic N) is 4. The van der Waals surface area contributed by atoms with E-state index in [1.54, 1.807) is 26.2 Å². The van der Waals surface area contributed by atoms with Crippen LogP contribution < -0.4 is 4.90 Å². The van der Waals surface area contributed by atoms with E-state index in [-0.39, 0.29) is 24.6 Å². The summed E-state index contributed by atoms with van der Waals surface area (Å²) in [6.07, 6.45) is 2.59. The first-order chi connectivity index (χ1) is 15.5. The van der Waals surface area contributed by atoms with Crippen molar-refractivity contribution in [2.45, 2.75) is 33.2 Å². The van der Waals surface area contributed by atoms with E-state index in [0.717, 1.165) is 16.7 Å². The van der Waals surface area contributed by atoms with E-state index in [2.05, 4.69) is 11.2 Å². The van der Waals surface area contributed by atoms with Gasteiger partial charge in [0, 0.05) is 19.7 Å². The van der Waals surface area contributed by atoms with Crippen LogP contribution in [-0.2, 0) is 23.1 Å². The fourth-order valence-corrected chi connectivity index (χ4v) is 3.46. The molecule has 32 heavy (non-hydrogen) atoms. The molecule has 0 N–H and O–H groups in total. The summed E-state index contributed by atoms with van der Waals surface area (Å²) in [6, 6.07) is 17.3. The molecule has 1 aromatic heterocycles. The Labute approximate surface area is 187 Å². The van der Waals surface area contributed by atoms with Crippen molar-refractivity contribution in [2.24, 2.45) is 7.05 Å². The lowest BCUT2D eigenvalue weighted by molar-refractivity contribution is -0.118. The molecular weight excluding hydrogens is 404 g/mol. The number of rotatable bonds is 8. The van der Waals surface area contributed by atoms with Crippen molar-refractivity contribution in [3.8, 4) is 17.2 Å². The van der Waals surface area contributed by atoms with Gasteiger partial charge >= 0.3 is 5.97 Å². The highest BCUT2D eigenvalue weighted by molar-refractivity contribution is 6.01. The van der Waals surface area contributed by atoms with Crippen molar-refractivity contribution in [1.29, 1.82) is 5.26 Å². The Bertz CT molecular complexity index is 1140. The summed E-state index contributed by atoms with van der Waals surface area (Å²) >= 11 is 0. The van der Waals surface area contributed by atoms with Gasteiger partial charge in [-0.2, -0.15) is 10.4 Å². The van der Waals surface area contributed by atoms with Gasteiger partial charge in [0.25, 0.3) is 0 Å². The van der Waals surface area contributed by atoms with Crippen LogP contribution in [0, 0.1) is 11.3 Å². The summed E-state index contributed by atoms with van der Waals surface area (Å²) in [5.41, 5.74) is 3.52. The monoisotopic (exact) mass is 430 g/mol. The predicted molar refractivity (Wildman–Crippen MR) is 122 cm³/mol. The normalized spacial score (nSPS) is 10.4. The summed E-state index contributed by atoms with van der Waals surface area (Å²) in [5.74, 6) is -0.327. The highest BCUT2D eigenvalue weighted by atomic mass is 16.5. The van der Waals surface area contributed by atoms with E-state index in [0.29, 0.717) is 24.2 Å². The largest absolute Gasteiger partial charge is 0.462 e. The summed E-state index contributed by atoms with van der Waals surface area (Å²) in [5, 5.41) is 13.7. The van der Waals surface area contributed by atoms with Gasteiger partial charge in [-0.3, -0.25) is 14.4 Å². The highest BCUT2D eigenvalue weighted by Gasteiger charge is 2.26. The quantitative estimate of drug-likeness (QED) is 0.492. The number of hydrogen-bond donors (Lipinski definition) is 0. The molecule has 1 heterocycles. The summed E-state index contributed by atoms with van der Waals surface area (Å²) in [6.45, 7) is 4.17. The molecule has 164 valence electrons. The topological polar surface area (TPSA) is 88.2 Å². The molecule has 0 aliphatic rings. The standard InChI is InChI=1S/C25H26N4O3/c1-4-8-23(30)29(24-22(17-28(3)27-24)25(31)32-5-2)16-18-11-13-19(14-12-18)21-10-7-6-9-20(21)15-26/h6-7,9-14,17H,4-5,8,16H2,1-3H3. The lowest BCUT2D eigenvalue weighted by Crippen LogP contribution is -2.32. The molecule has 0 aliphatic heterocycles. The molecule has 0 saturated heterocycles. The van der Waals surface area contributed by atoms with Crippen molar-refractivity contribution in [1.82, 2.24) is 9.78 Å². The molecule has 1 amide bonds. The lowest BCUT2D eigenvalue weighted by atomic mass is 9.99. The first-order valence-corrected chi connectivity index (χ1v) is 10.6. The average Bonchev–Trinajstić information content (AvgIpc) is 3.19. The van der Waals surface area contributed by atoms with Crippen LogP contribution in [0.25, 0.3) is 11.1 Å². The maximum absolute atomic E-state index is 13.0. The lowest BCUT2D eigenvalue weighted by Gasteiger charge is -2.22. The van der Waals surface area contributed by atoms with E-state index < -0.39 is 5.97 Å². The number of aryl methyl sites for hydroxylation is 1. The van der Waals surface area contributed by atoms with Crippen LogP contribution >= 0.6 is 0 Å². The fourth-order valence-electron chi connectivity index (χ4n) is 3.46. The summed E-state index contributed by atoms with van der Waals surface area (Å²) in [4.78, 5) is 26.9. The van der Waals surface area contributed by atoms with E-state index in [9.17, 15) is 14.9 Å². The molecule has 2 aromatic carbocycles. The molecule has 3 rings (SSSR count). The molecule has 0 atom stereocenters. The van der Waals surface area contributed by atoms with Crippen molar-refractivity contribution in [3.05, 3.63) is 71.4 Å². The van der Waals surface area contributed by atoms with Crippen LogP contribution in [0.2, 0.25) is 0 Å². The van der Waals surface area contributed by atoms with Crippen molar-refractivity contribution in [3.63, 3.8) is 0 Å². The molecule has 3 aromatic rings. The fraction of sp³-hybridized carbons (Fsp3) is 0.280. The number of nitriles is 1. The zero-order valence-corrected chi connectivity index (χ0v) is 18.5. The number of esters is 1. The van der Waals surface area contributed by atoms with E-state index in [1.807, 2.05) is 49.4 Å². The van der Waals surface area contributed by atoms with Crippen molar-refractivity contribution < 1.29 is 14.3 Å². The van der Waals surface area contributed by atoms with Gasteiger partial charge in [0.05, 0.1) is 24.8 Å². The van der Waals surface area contributed by atoms with E-state index in [1.165, 1.54) is 9.58 Å². The molecule has 0 saturated carbocycles. The first-order valence-electron chi connectivity index (χ1n) is 10.6. The Kier molecular flexibility index (Phi) is 7.40. The van der Waals surface area contributed by atoms with Crippen LogP contribution in [0.3, 0.4) is 0 Å². The number of carbonyl (C=O) groups is 2. The molecule has 0 aliphatic carbocycles. The van der Waals surface area contributed by atoms with Crippen LogP contribution in [0.1, 0.15) is 48.2 Å². The Balaban J connectivity index is 1.93. The van der Waals surface area contributed by atoms with Gasteiger partial charge < -0.3 is 4.74 Å². The van der Waals surface area contributed by atoms with E-state index in [4.69, 9.17) is 4.74 Å². The number of ether oxygens (including phenoxy) is 1. The number of anilines is 1. The number of benzene rings is 2. The summed E-state index contributed by atoms with van der Waals surface area (Å²) in [7, 11) is 1.70. The zero-order valence-electron chi connectivity index (χ0n) is 18.5. The highest BCUT2D eigenvalue weighted by Crippen LogP contribution is 2.26. The average molecular weight is 431 g/mol. The van der Waals surface area contributed by atoms with Crippen LogP contribution in [0.15, 0.2) is 54.7 Å². The van der Waals surface area contributed by atoms with Crippen LogP contribution in [0.5, 0.6) is 0 Å². The maximum atomic E-state index is 13.0. The second-order valence-electron chi connectivity index (χ2n) is 7.34. The maximum Gasteiger partial charge on any atom is 0.343 e.